The first-order chi connectivity index (χ1) is 14.1. The van der Waals surface area contributed by atoms with Gasteiger partial charge in [0.05, 0.1) is 13.6 Å². The Morgan fingerprint density at radius 3 is 2.13 bits per heavy atom. The Kier molecular flexibility index (Phi) is 5.06. The smallest absolute Gasteiger partial charge is 0.207 e. The van der Waals surface area contributed by atoms with Crippen molar-refractivity contribution in [2.45, 2.75) is 26.6 Å². The van der Waals surface area contributed by atoms with E-state index in [9.17, 15) is 8.78 Å². The van der Waals surface area contributed by atoms with Crippen LogP contribution in [0.4, 0.5) is 8.78 Å². The van der Waals surface area contributed by atoms with Crippen molar-refractivity contribution in [1.82, 2.24) is 0 Å². The summed E-state index contributed by atoms with van der Waals surface area (Å²) in [7, 11) is 0.396. The highest BCUT2D eigenvalue weighted by molar-refractivity contribution is 6.89. The minimum absolute atomic E-state index is 0.234. The largest absolute Gasteiger partial charge is 0.213 e. The highest BCUT2D eigenvalue weighted by atomic mass is 28.3. The monoisotopic (exact) mass is 418 g/mol. The first-order valence-corrected chi connectivity index (χ1v) is 13.6. The number of hydrogen-bond acceptors (Lipinski definition) is 0. The van der Waals surface area contributed by atoms with Gasteiger partial charge >= 0.3 is 0 Å². The predicted octanol–water partition coefficient (Wildman–Crippen LogP) is 6.13. The van der Waals surface area contributed by atoms with E-state index in [-0.39, 0.29) is 11.6 Å². The molecule has 0 saturated heterocycles. The fourth-order valence-corrected chi connectivity index (χ4v) is 5.72. The number of halogens is 2. The van der Waals surface area contributed by atoms with Crippen molar-refractivity contribution in [1.29, 1.82) is 0 Å². The summed E-state index contributed by atoms with van der Waals surface area (Å²) in [5, 5.41) is 3.23. The van der Waals surface area contributed by atoms with Crippen LogP contribution in [0.3, 0.4) is 0 Å². The van der Waals surface area contributed by atoms with Crippen LogP contribution in [-0.2, 0) is 7.05 Å². The maximum atomic E-state index is 13.8. The number of benzene rings is 3. The average Bonchev–Trinajstić information content (AvgIpc) is 2.68. The summed E-state index contributed by atoms with van der Waals surface area (Å²) >= 11 is 0. The molecule has 0 N–H and O–H groups in total. The molecule has 0 aliphatic heterocycles. The van der Waals surface area contributed by atoms with Gasteiger partial charge in [-0.05, 0) is 58.7 Å². The molecule has 4 rings (SSSR count). The van der Waals surface area contributed by atoms with Gasteiger partial charge in [0.2, 0.25) is 5.69 Å². The van der Waals surface area contributed by atoms with Crippen molar-refractivity contribution < 1.29 is 13.3 Å². The standard InChI is InChI=1S/C26H26F2NSi/c1-17-6-7-19-14-21(28)12-13-22(19)26(17)24-15-23(18-8-10-20(27)11-9-18)25(16-29(24)2)30(3,4)5/h6-16H,1-5H3/q+1. The third-order valence-electron chi connectivity index (χ3n) is 5.68. The van der Waals surface area contributed by atoms with E-state index in [4.69, 9.17) is 0 Å². The molecule has 1 nitrogen and oxygen atoms in total. The normalized spacial score (nSPS) is 11.8. The number of rotatable bonds is 3. The van der Waals surface area contributed by atoms with Crippen molar-refractivity contribution in [3.63, 3.8) is 0 Å². The Bertz CT molecular complexity index is 1250. The molecule has 1 aromatic heterocycles. The molecule has 1 heterocycles. The molecule has 3 aromatic carbocycles. The molecule has 4 aromatic rings. The van der Waals surface area contributed by atoms with Crippen molar-refractivity contribution in [3.8, 4) is 22.4 Å². The number of hydrogen-bond donors (Lipinski definition) is 0. The van der Waals surface area contributed by atoms with Crippen molar-refractivity contribution in [3.05, 3.63) is 84.1 Å². The molecular weight excluding hydrogens is 392 g/mol. The maximum absolute atomic E-state index is 13.8. The van der Waals surface area contributed by atoms with Gasteiger partial charge in [-0.2, -0.15) is 0 Å². The Morgan fingerprint density at radius 1 is 0.800 bits per heavy atom. The van der Waals surface area contributed by atoms with Gasteiger partial charge in [-0.1, -0.05) is 50.0 Å². The van der Waals surface area contributed by atoms with Crippen LogP contribution in [0.25, 0.3) is 33.2 Å². The van der Waals surface area contributed by atoms with Gasteiger partial charge in [0, 0.05) is 11.3 Å². The molecule has 152 valence electrons. The molecule has 0 aliphatic rings. The van der Waals surface area contributed by atoms with Gasteiger partial charge in [-0.15, -0.1) is 0 Å². The lowest BCUT2D eigenvalue weighted by Crippen LogP contribution is -2.46. The average molecular weight is 419 g/mol. The highest BCUT2D eigenvalue weighted by Crippen LogP contribution is 2.32. The Hall–Kier alpha value is -2.85. The van der Waals surface area contributed by atoms with Crippen molar-refractivity contribution >= 4 is 24.0 Å². The second-order valence-corrected chi connectivity index (χ2v) is 14.0. The second kappa shape index (κ2) is 7.44. The third-order valence-corrected chi connectivity index (χ3v) is 7.70. The van der Waals surface area contributed by atoms with Gasteiger partial charge in [0.1, 0.15) is 18.7 Å². The maximum Gasteiger partial charge on any atom is 0.213 e. The van der Waals surface area contributed by atoms with E-state index in [1.54, 1.807) is 6.07 Å². The molecule has 4 heteroatoms. The van der Waals surface area contributed by atoms with E-state index in [1.165, 1.54) is 23.4 Å². The van der Waals surface area contributed by atoms with E-state index >= 15 is 0 Å². The summed E-state index contributed by atoms with van der Waals surface area (Å²) in [6.07, 6.45) is 2.22. The first-order valence-electron chi connectivity index (χ1n) is 10.1. The second-order valence-electron chi connectivity index (χ2n) is 8.98. The van der Waals surface area contributed by atoms with E-state index in [2.05, 4.69) is 50.4 Å². The Balaban J connectivity index is 2.05. The van der Waals surface area contributed by atoms with E-state index in [0.29, 0.717) is 0 Å². The summed E-state index contributed by atoms with van der Waals surface area (Å²) in [5.41, 5.74) is 5.45. The zero-order chi connectivity index (χ0) is 21.6. The number of pyridine rings is 1. The van der Waals surface area contributed by atoms with Crippen molar-refractivity contribution in [2.24, 2.45) is 7.05 Å². The third kappa shape index (κ3) is 3.68. The van der Waals surface area contributed by atoms with Gasteiger partial charge in [-0.3, -0.25) is 0 Å². The van der Waals surface area contributed by atoms with Gasteiger partial charge < -0.3 is 0 Å². The van der Waals surface area contributed by atoms with Crippen LogP contribution in [0.5, 0.6) is 0 Å². The fourth-order valence-electron chi connectivity index (χ4n) is 4.11. The minimum Gasteiger partial charge on any atom is -0.207 e. The zero-order valence-electron chi connectivity index (χ0n) is 18.1. The van der Waals surface area contributed by atoms with E-state index in [1.807, 2.05) is 30.3 Å². The molecular formula is C26H26F2NSi+. The molecule has 0 bridgehead atoms. The van der Waals surface area contributed by atoms with Crippen LogP contribution in [-0.4, -0.2) is 8.07 Å². The van der Waals surface area contributed by atoms with Gasteiger partial charge in [0.15, 0.2) is 6.20 Å². The molecule has 0 spiro atoms. The summed E-state index contributed by atoms with van der Waals surface area (Å²) < 4.78 is 29.6. The fraction of sp³-hybridized carbons (Fsp3) is 0.192. The molecule has 0 aliphatic carbocycles. The summed E-state index contributed by atoms with van der Waals surface area (Å²) in [6.45, 7) is 9.05. The van der Waals surface area contributed by atoms with Gasteiger partial charge in [0.25, 0.3) is 0 Å². The SMILES string of the molecule is Cc1ccc2cc(F)ccc2c1-c1cc(-c2ccc(F)cc2)c([Si](C)(C)C)c[n+]1C. The Morgan fingerprint density at radius 2 is 1.47 bits per heavy atom. The van der Waals surface area contributed by atoms with Crippen LogP contribution in [0.1, 0.15) is 5.56 Å². The lowest BCUT2D eigenvalue weighted by molar-refractivity contribution is -0.659. The molecule has 0 unspecified atom stereocenters. The lowest BCUT2D eigenvalue weighted by Gasteiger charge is -2.21. The van der Waals surface area contributed by atoms with Crippen LogP contribution < -0.4 is 9.75 Å². The van der Waals surface area contributed by atoms with E-state index < -0.39 is 8.07 Å². The topological polar surface area (TPSA) is 3.88 Å². The van der Waals surface area contributed by atoms with Crippen molar-refractivity contribution in [2.75, 3.05) is 0 Å². The lowest BCUT2D eigenvalue weighted by atomic mass is 9.95. The number of aryl methyl sites for hydroxylation is 2. The molecule has 0 fully saturated rings. The van der Waals surface area contributed by atoms with Crippen LogP contribution in [0, 0.1) is 18.6 Å². The van der Waals surface area contributed by atoms with Crippen LogP contribution in [0.15, 0.2) is 66.9 Å². The number of aromatic nitrogens is 1. The zero-order valence-corrected chi connectivity index (χ0v) is 19.1. The molecule has 0 atom stereocenters. The molecule has 30 heavy (non-hydrogen) atoms. The molecule has 0 saturated carbocycles. The highest BCUT2D eigenvalue weighted by Gasteiger charge is 2.27. The molecule has 0 amide bonds. The quantitative estimate of drug-likeness (QED) is 0.278. The number of nitrogens with zero attached hydrogens (tertiary/aromatic N) is 1. The van der Waals surface area contributed by atoms with Crippen LogP contribution >= 0.6 is 0 Å². The summed E-state index contributed by atoms with van der Waals surface area (Å²) in [5.74, 6) is -0.468. The summed E-state index contributed by atoms with van der Waals surface area (Å²) in [4.78, 5) is 0. The van der Waals surface area contributed by atoms with E-state index in [0.717, 1.165) is 38.7 Å². The molecule has 0 radical (unpaired) electrons. The summed E-state index contributed by atoms with van der Waals surface area (Å²) in [6, 6.07) is 17.9. The van der Waals surface area contributed by atoms with Gasteiger partial charge in [-0.25, -0.2) is 13.3 Å². The predicted molar refractivity (Wildman–Crippen MR) is 124 cm³/mol. The Labute approximate surface area is 177 Å². The number of fused-ring (bicyclic) bond motifs is 1. The minimum atomic E-state index is -1.67. The first kappa shape index (κ1) is 20.4. The van der Waals surface area contributed by atoms with Crippen LogP contribution in [0.2, 0.25) is 19.6 Å².